The molecule has 2 aliphatic carbocycles. The smallest absolute Gasteiger partial charge is 0.303 e. The summed E-state index contributed by atoms with van der Waals surface area (Å²) >= 11 is 11.3. The predicted octanol–water partition coefficient (Wildman–Crippen LogP) is 6.84. The summed E-state index contributed by atoms with van der Waals surface area (Å²) in [5.41, 5.74) is 1.61. The molecule has 4 amide bonds. The molecule has 3 fully saturated rings. The van der Waals surface area contributed by atoms with E-state index in [1.807, 2.05) is 31.2 Å². The van der Waals surface area contributed by atoms with Crippen molar-refractivity contribution < 1.29 is 38.9 Å². The number of ether oxygens (including phenoxy) is 1. The number of hydrogen-bond acceptors (Lipinski definition) is 9. The third kappa shape index (κ3) is 5.27. The van der Waals surface area contributed by atoms with Gasteiger partial charge in [0.1, 0.15) is 11.5 Å². The molecule has 2 N–H and O–H groups in total. The van der Waals surface area contributed by atoms with Crippen LogP contribution in [0, 0.1) is 36.0 Å². The second-order valence-electron chi connectivity index (χ2n) is 14.7. The van der Waals surface area contributed by atoms with Gasteiger partial charge in [-0.25, -0.2) is 4.90 Å². The highest BCUT2D eigenvalue weighted by Crippen LogP contribution is 2.64. The number of benzene rings is 2. The number of carbonyl (C=O) groups is 5. The Hall–Kier alpha value is -4.53. The third-order valence-electron chi connectivity index (χ3n) is 12.0. The SMILES string of the molecule is COc1cc(C2C3=CCC4C(=O)N(CCCC(=O)O)C(=O)C4C3CC3C(=O)N(c4cc(-c5sc6ccc(Cl)cc6c5C)nn4C)C(=O)C32C)cc(Br)c1O. The number of nitrogens with zero attached hydrogens (tertiary/aromatic N) is 4. The molecule has 4 aromatic rings. The lowest BCUT2D eigenvalue weighted by molar-refractivity contribution is -0.142. The fourth-order valence-corrected chi connectivity index (χ4v) is 11.2. The van der Waals surface area contributed by atoms with Gasteiger partial charge in [-0.3, -0.25) is 33.6 Å². The van der Waals surface area contributed by atoms with Gasteiger partial charge >= 0.3 is 5.97 Å². The molecule has 2 saturated heterocycles. The van der Waals surface area contributed by atoms with E-state index in [1.165, 1.54) is 21.6 Å². The van der Waals surface area contributed by atoms with Crippen molar-refractivity contribution in [2.75, 3.05) is 18.6 Å². The number of aromatic nitrogens is 2. The summed E-state index contributed by atoms with van der Waals surface area (Å²) in [6.45, 7) is 3.77. The first-order valence-electron chi connectivity index (χ1n) is 17.6. The average molecular weight is 836 g/mol. The molecule has 2 aromatic carbocycles. The molecule has 0 bridgehead atoms. The molecule has 280 valence electrons. The lowest BCUT2D eigenvalue weighted by atomic mass is 9.51. The lowest BCUT2D eigenvalue weighted by Crippen LogP contribution is -2.49. The summed E-state index contributed by atoms with van der Waals surface area (Å²) in [4.78, 5) is 72.2. The monoisotopic (exact) mass is 834 g/mol. The number of aliphatic carboxylic acids is 1. The molecule has 6 atom stereocenters. The second kappa shape index (κ2) is 13.1. The number of thiophene rings is 1. The van der Waals surface area contributed by atoms with Gasteiger partial charge < -0.3 is 14.9 Å². The topological polar surface area (TPSA) is 159 Å². The van der Waals surface area contributed by atoms with Crippen molar-refractivity contribution in [3.63, 3.8) is 0 Å². The number of anilines is 1. The number of phenolic OH excluding ortho intramolecular Hbond substituents is 1. The molecule has 1 saturated carbocycles. The number of amides is 4. The molecule has 15 heteroatoms. The van der Waals surface area contributed by atoms with E-state index in [9.17, 15) is 29.4 Å². The number of likely N-dealkylation sites (tertiary alicyclic amines) is 1. The van der Waals surface area contributed by atoms with E-state index in [2.05, 4.69) is 15.9 Å². The molecule has 2 aromatic heterocycles. The Bertz CT molecular complexity index is 2370. The van der Waals surface area contributed by atoms with E-state index >= 15 is 4.79 Å². The summed E-state index contributed by atoms with van der Waals surface area (Å²) in [7, 11) is 3.11. The minimum absolute atomic E-state index is 0.00790. The van der Waals surface area contributed by atoms with Gasteiger partial charge in [-0.2, -0.15) is 5.10 Å². The van der Waals surface area contributed by atoms with Crippen molar-refractivity contribution in [1.29, 1.82) is 0 Å². The molecule has 4 aliphatic rings. The van der Waals surface area contributed by atoms with Gasteiger partial charge in [0.25, 0.3) is 0 Å². The predicted molar refractivity (Wildman–Crippen MR) is 204 cm³/mol. The van der Waals surface area contributed by atoms with Crippen LogP contribution < -0.4 is 9.64 Å². The third-order valence-corrected chi connectivity index (χ3v) is 14.1. The molecule has 2 aliphatic heterocycles. The molecule has 12 nitrogen and oxygen atoms in total. The number of rotatable bonds is 8. The van der Waals surface area contributed by atoms with Gasteiger partial charge in [-0.05, 0) is 102 Å². The number of imide groups is 2. The molecular weight excluding hydrogens is 800 g/mol. The van der Waals surface area contributed by atoms with E-state index in [1.54, 1.807) is 43.5 Å². The Morgan fingerprint density at radius 2 is 1.87 bits per heavy atom. The Morgan fingerprint density at radius 3 is 2.59 bits per heavy atom. The number of methoxy groups -OCH3 is 1. The summed E-state index contributed by atoms with van der Waals surface area (Å²) in [6.07, 6.45) is 2.29. The maximum atomic E-state index is 15.1. The number of aryl methyl sites for hydroxylation is 2. The van der Waals surface area contributed by atoms with E-state index in [0.29, 0.717) is 26.6 Å². The first kappa shape index (κ1) is 36.4. The van der Waals surface area contributed by atoms with Crippen LogP contribution in [-0.4, -0.2) is 68.1 Å². The number of fused-ring (bicyclic) bond motifs is 5. The highest BCUT2D eigenvalue weighted by atomic mass is 79.9. The zero-order valence-electron chi connectivity index (χ0n) is 29.8. The van der Waals surface area contributed by atoms with E-state index in [0.717, 1.165) is 26.1 Å². The van der Waals surface area contributed by atoms with Crippen molar-refractivity contribution in [1.82, 2.24) is 14.7 Å². The molecule has 4 heterocycles. The molecule has 0 radical (unpaired) electrons. The first-order chi connectivity index (χ1) is 25.7. The summed E-state index contributed by atoms with van der Waals surface area (Å²) < 4.78 is 8.41. The van der Waals surface area contributed by atoms with Crippen LogP contribution in [0.2, 0.25) is 5.02 Å². The van der Waals surface area contributed by atoms with E-state index in [-0.39, 0.29) is 55.5 Å². The fraction of sp³-hybridized carbons (Fsp3) is 0.385. The Balaban J connectivity index is 1.23. The quantitative estimate of drug-likeness (QED) is 0.143. The van der Waals surface area contributed by atoms with E-state index in [4.69, 9.17) is 21.4 Å². The van der Waals surface area contributed by atoms with Gasteiger partial charge in [0.15, 0.2) is 11.5 Å². The number of allylic oxidation sites excluding steroid dienone is 2. The molecule has 54 heavy (non-hydrogen) atoms. The summed E-state index contributed by atoms with van der Waals surface area (Å²) in [5.74, 6) is -5.87. The van der Waals surface area contributed by atoms with Crippen LogP contribution in [0.15, 0.2) is 52.5 Å². The number of carboxylic acid groups (broad SMARTS) is 1. The van der Waals surface area contributed by atoms with Crippen molar-refractivity contribution >= 4 is 84.4 Å². The van der Waals surface area contributed by atoms with Crippen LogP contribution in [0.5, 0.6) is 11.5 Å². The molecular formula is C39H36BrClN4O8S. The van der Waals surface area contributed by atoms with Gasteiger partial charge in [0.2, 0.25) is 23.6 Å². The number of phenols is 1. The van der Waals surface area contributed by atoms with Crippen molar-refractivity contribution in [3.05, 3.63) is 68.7 Å². The minimum atomic E-state index is -1.34. The molecule has 6 unspecified atom stereocenters. The molecule has 8 rings (SSSR count). The number of carbonyl (C=O) groups excluding carboxylic acids is 4. The fourth-order valence-electron chi connectivity index (χ4n) is 9.42. The van der Waals surface area contributed by atoms with Gasteiger partial charge in [0.05, 0.1) is 39.6 Å². The normalized spacial score (nSPS) is 26.3. The lowest BCUT2D eigenvalue weighted by Gasteiger charge is -2.49. The highest BCUT2D eigenvalue weighted by molar-refractivity contribution is 9.10. The van der Waals surface area contributed by atoms with E-state index < -0.39 is 52.8 Å². The standard InChI is InChI=1S/C39H36BrClN4O8S/c1-17-22-14-19(41)7-10-28(22)54-34(17)26-16-29(43(3)42-26)45-36(50)24-15-23-20(8-9-21-31(23)37(51)44(35(21)49)11-5-6-30(46)47)32(39(24,2)38(45)52)18-12-25(40)33(48)27(13-18)53-4/h7-8,10,12-14,16,21,23-24,31-32,48H,5-6,9,11,15H2,1-4H3,(H,46,47). The number of aromatic hydroxyl groups is 1. The van der Waals surface area contributed by atoms with Crippen molar-refractivity contribution in [2.45, 2.75) is 45.4 Å². The van der Waals surface area contributed by atoms with Gasteiger partial charge in [-0.1, -0.05) is 23.3 Å². The zero-order chi connectivity index (χ0) is 38.5. The number of hydrogen-bond donors (Lipinski definition) is 2. The molecule has 0 spiro atoms. The Morgan fingerprint density at radius 1 is 1.11 bits per heavy atom. The van der Waals surface area contributed by atoms with Crippen LogP contribution >= 0.6 is 38.9 Å². The van der Waals surface area contributed by atoms with Crippen LogP contribution in [0.25, 0.3) is 20.7 Å². The van der Waals surface area contributed by atoms with Crippen LogP contribution in [0.4, 0.5) is 5.82 Å². The van der Waals surface area contributed by atoms with Gasteiger partial charge in [0, 0.05) is 41.7 Å². The minimum Gasteiger partial charge on any atom is -0.503 e. The number of carboxylic acids is 1. The largest absolute Gasteiger partial charge is 0.503 e. The zero-order valence-corrected chi connectivity index (χ0v) is 32.9. The van der Waals surface area contributed by atoms with Crippen LogP contribution in [0.1, 0.15) is 49.7 Å². The highest BCUT2D eigenvalue weighted by Gasteiger charge is 2.68. The van der Waals surface area contributed by atoms with Crippen molar-refractivity contribution in [2.24, 2.45) is 36.1 Å². The Labute approximate surface area is 327 Å². The number of halogens is 2. The van der Waals surface area contributed by atoms with Crippen LogP contribution in [-0.2, 0) is 31.0 Å². The van der Waals surface area contributed by atoms with Crippen LogP contribution in [0.3, 0.4) is 0 Å². The summed E-state index contributed by atoms with van der Waals surface area (Å²) in [6, 6.07) is 10.8. The second-order valence-corrected chi connectivity index (χ2v) is 17.1. The van der Waals surface area contributed by atoms with Gasteiger partial charge in [-0.15, -0.1) is 11.3 Å². The first-order valence-corrected chi connectivity index (χ1v) is 19.6. The Kier molecular flexibility index (Phi) is 8.81. The maximum absolute atomic E-state index is 15.1. The average Bonchev–Trinajstić information content (AvgIpc) is 3.80. The van der Waals surface area contributed by atoms with Crippen molar-refractivity contribution in [3.8, 4) is 22.1 Å². The summed E-state index contributed by atoms with van der Waals surface area (Å²) in [5, 5.41) is 26.3. The maximum Gasteiger partial charge on any atom is 0.303 e.